The van der Waals surface area contributed by atoms with Gasteiger partial charge in [0.1, 0.15) is 0 Å². The van der Waals surface area contributed by atoms with Gasteiger partial charge in [0.2, 0.25) is 5.91 Å². The summed E-state index contributed by atoms with van der Waals surface area (Å²) in [5, 5.41) is 15.6. The summed E-state index contributed by atoms with van der Waals surface area (Å²) in [7, 11) is 1.97. The van der Waals surface area contributed by atoms with Crippen LogP contribution in [0.5, 0.6) is 0 Å². The van der Waals surface area contributed by atoms with Crippen LogP contribution in [0.15, 0.2) is 0 Å². The number of amides is 1. The zero-order valence-corrected chi connectivity index (χ0v) is 11.4. The summed E-state index contributed by atoms with van der Waals surface area (Å²) >= 11 is 0. The van der Waals surface area contributed by atoms with Gasteiger partial charge in [0.15, 0.2) is 0 Å². The number of aliphatic hydroxyl groups excluding tert-OH is 1. The van der Waals surface area contributed by atoms with Crippen LogP contribution in [0.1, 0.15) is 51.4 Å². The highest BCUT2D eigenvalue weighted by Gasteiger charge is 2.42. The van der Waals surface area contributed by atoms with Crippen molar-refractivity contribution in [2.45, 2.75) is 56.9 Å². The first-order chi connectivity index (χ1) is 8.64. The van der Waals surface area contributed by atoms with Crippen LogP contribution in [0, 0.1) is 5.41 Å². The molecule has 0 saturated heterocycles. The van der Waals surface area contributed by atoms with Gasteiger partial charge in [-0.15, -0.1) is 0 Å². The Morgan fingerprint density at radius 3 is 2.33 bits per heavy atom. The first-order valence-electron chi connectivity index (χ1n) is 7.20. The fraction of sp³-hybridized carbons (Fsp3) is 0.929. The summed E-state index contributed by atoms with van der Waals surface area (Å²) in [6.07, 6.45) is 8.58. The molecule has 4 nitrogen and oxygen atoms in total. The van der Waals surface area contributed by atoms with Crippen LogP contribution in [-0.2, 0) is 4.79 Å². The van der Waals surface area contributed by atoms with Crippen molar-refractivity contribution < 1.29 is 9.90 Å². The Hall–Kier alpha value is -0.610. The number of carbonyl (C=O) groups excluding carboxylic acids is 1. The van der Waals surface area contributed by atoms with E-state index in [0.29, 0.717) is 13.0 Å². The fourth-order valence-electron chi connectivity index (χ4n) is 2.97. The lowest BCUT2D eigenvalue weighted by atomic mass is 9.79. The van der Waals surface area contributed by atoms with Crippen LogP contribution >= 0.6 is 0 Å². The van der Waals surface area contributed by atoms with Gasteiger partial charge in [-0.05, 0) is 32.7 Å². The number of nitrogens with one attached hydrogen (secondary N) is 2. The van der Waals surface area contributed by atoms with Crippen LogP contribution < -0.4 is 10.6 Å². The van der Waals surface area contributed by atoms with Crippen LogP contribution in [0.2, 0.25) is 0 Å². The summed E-state index contributed by atoms with van der Waals surface area (Å²) in [5.41, 5.74) is 0.0211. The lowest BCUT2D eigenvalue weighted by molar-refractivity contribution is -0.123. The number of hydrogen-bond acceptors (Lipinski definition) is 3. The second-order valence-electron chi connectivity index (χ2n) is 6.20. The summed E-state index contributed by atoms with van der Waals surface area (Å²) in [6, 6.07) is 0. The van der Waals surface area contributed by atoms with Gasteiger partial charge in [-0.3, -0.25) is 4.79 Å². The normalized spacial score (nSPS) is 24.6. The summed E-state index contributed by atoms with van der Waals surface area (Å²) in [6.45, 7) is 0.840. The molecule has 0 radical (unpaired) electrons. The maximum atomic E-state index is 12.0. The van der Waals surface area contributed by atoms with E-state index in [2.05, 4.69) is 10.6 Å². The molecule has 0 spiro atoms. The monoisotopic (exact) mass is 254 g/mol. The molecule has 104 valence electrons. The van der Waals surface area contributed by atoms with Gasteiger partial charge in [0.25, 0.3) is 0 Å². The molecule has 3 N–H and O–H groups in total. The molecule has 0 unspecified atom stereocenters. The lowest BCUT2D eigenvalue weighted by Gasteiger charge is -2.36. The van der Waals surface area contributed by atoms with E-state index in [-0.39, 0.29) is 23.5 Å². The fourth-order valence-corrected chi connectivity index (χ4v) is 2.97. The van der Waals surface area contributed by atoms with E-state index >= 15 is 0 Å². The predicted molar refractivity (Wildman–Crippen MR) is 71.3 cm³/mol. The summed E-state index contributed by atoms with van der Waals surface area (Å²) in [4.78, 5) is 12.0. The number of carbonyl (C=O) groups is 1. The molecule has 18 heavy (non-hydrogen) atoms. The van der Waals surface area contributed by atoms with Crippen molar-refractivity contribution in [3.05, 3.63) is 0 Å². The molecule has 4 heteroatoms. The second-order valence-corrected chi connectivity index (χ2v) is 6.20. The Bertz CT molecular complexity index is 294. The zero-order chi connectivity index (χ0) is 13.1. The van der Waals surface area contributed by atoms with Gasteiger partial charge in [-0.2, -0.15) is 0 Å². The third-order valence-corrected chi connectivity index (χ3v) is 4.79. The molecule has 0 aromatic rings. The summed E-state index contributed by atoms with van der Waals surface area (Å²) < 4.78 is 0. The van der Waals surface area contributed by atoms with E-state index in [1.165, 1.54) is 19.3 Å². The maximum absolute atomic E-state index is 12.0. The number of rotatable bonds is 6. The Morgan fingerprint density at radius 2 is 1.83 bits per heavy atom. The van der Waals surface area contributed by atoms with Gasteiger partial charge in [0.05, 0.1) is 6.61 Å². The van der Waals surface area contributed by atoms with Crippen molar-refractivity contribution in [1.29, 1.82) is 0 Å². The Labute approximate surface area is 110 Å². The highest BCUT2D eigenvalue weighted by Crippen LogP contribution is 2.44. The predicted octanol–water partition coefficient (Wildman–Crippen LogP) is 1.19. The molecule has 2 saturated carbocycles. The molecule has 1 amide bonds. The lowest BCUT2D eigenvalue weighted by Crippen LogP contribution is -2.48. The summed E-state index contributed by atoms with van der Waals surface area (Å²) in [5.74, 6) is 0.131. The second kappa shape index (κ2) is 5.57. The standard InChI is InChI=1S/C14H26N2O2/c1-15-14(5-3-2-4-6-14)9-12(18)16-10-13(11-17)7-8-13/h15,17H,2-11H2,1H3,(H,16,18). The molecule has 0 atom stereocenters. The van der Waals surface area contributed by atoms with Gasteiger partial charge in [-0.1, -0.05) is 19.3 Å². The van der Waals surface area contributed by atoms with Crippen molar-refractivity contribution in [2.75, 3.05) is 20.2 Å². The van der Waals surface area contributed by atoms with E-state index in [1.54, 1.807) is 0 Å². The number of hydrogen-bond donors (Lipinski definition) is 3. The third-order valence-electron chi connectivity index (χ3n) is 4.79. The Kier molecular flexibility index (Phi) is 4.28. The van der Waals surface area contributed by atoms with Crippen LogP contribution in [0.4, 0.5) is 0 Å². The van der Waals surface area contributed by atoms with E-state index in [4.69, 9.17) is 0 Å². The minimum atomic E-state index is 0.00896. The molecule has 0 aromatic carbocycles. The number of aliphatic hydroxyl groups is 1. The SMILES string of the molecule is CNC1(CC(=O)NCC2(CO)CC2)CCCCC1. The van der Waals surface area contributed by atoms with Gasteiger partial charge in [0, 0.05) is 23.9 Å². The van der Waals surface area contributed by atoms with Crippen molar-refractivity contribution in [3.63, 3.8) is 0 Å². The molecule has 0 aliphatic heterocycles. The Balaban J connectivity index is 1.78. The van der Waals surface area contributed by atoms with Gasteiger partial charge < -0.3 is 15.7 Å². The van der Waals surface area contributed by atoms with E-state index in [1.807, 2.05) is 7.05 Å². The average molecular weight is 254 g/mol. The van der Waals surface area contributed by atoms with Crippen LogP contribution in [-0.4, -0.2) is 36.8 Å². The average Bonchev–Trinajstić information content (AvgIpc) is 3.18. The molecule has 2 rings (SSSR count). The highest BCUT2D eigenvalue weighted by atomic mass is 16.3. The molecule has 2 fully saturated rings. The third kappa shape index (κ3) is 3.23. The first-order valence-corrected chi connectivity index (χ1v) is 7.20. The van der Waals surface area contributed by atoms with Crippen LogP contribution in [0.3, 0.4) is 0 Å². The van der Waals surface area contributed by atoms with E-state index in [9.17, 15) is 9.90 Å². The highest BCUT2D eigenvalue weighted by molar-refractivity contribution is 5.77. The van der Waals surface area contributed by atoms with E-state index in [0.717, 1.165) is 25.7 Å². The minimum absolute atomic E-state index is 0.00896. The molecule has 0 bridgehead atoms. The molecular weight excluding hydrogens is 228 g/mol. The topological polar surface area (TPSA) is 61.4 Å². The molecule has 2 aliphatic carbocycles. The molecule has 0 aromatic heterocycles. The zero-order valence-electron chi connectivity index (χ0n) is 11.4. The van der Waals surface area contributed by atoms with E-state index < -0.39 is 0 Å². The Morgan fingerprint density at radius 1 is 1.17 bits per heavy atom. The van der Waals surface area contributed by atoms with Crippen molar-refractivity contribution in [1.82, 2.24) is 10.6 Å². The van der Waals surface area contributed by atoms with Crippen molar-refractivity contribution in [2.24, 2.45) is 5.41 Å². The van der Waals surface area contributed by atoms with Crippen molar-refractivity contribution >= 4 is 5.91 Å². The maximum Gasteiger partial charge on any atom is 0.221 e. The molecular formula is C14H26N2O2. The molecule has 0 heterocycles. The van der Waals surface area contributed by atoms with Crippen molar-refractivity contribution in [3.8, 4) is 0 Å². The molecule has 2 aliphatic rings. The smallest absolute Gasteiger partial charge is 0.221 e. The largest absolute Gasteiger partial charge is 0.396 e. The van der Waals surface area contributed by atoms with Gasteiger partial charge in [-0.25, -0.2) is 0 Å². The minimum Gasteiger partial charge on any atom is -0.396 e. The quantitative estimate of drug-likeness (QED) is 0.667. The van der Waals surface area contributed by atoms with Crippen LogP contribution in [0.25, 0.3) is 0 Å². The first kappa shape index (κ1) is 13.8. The van der Waals surface area contributed by atoms with Gasteiger partial charge >= 0.3 is 0 Å².